The number of rotatable bonds is 8. The molecule has 1 aliphatic rings. The van der Waals surface area contributed by atoms with Crippen molar-refractivity contribution in [3.8, 4) is 0 Å². The smallest absolute Gasteiger partial charge is 0.191 e. The van der Waals surface area contributed by atoms with Gasteiger partial charge in [-0.2, -0.15) is 0 Å². The Morgan fingerprint density at radius 2 is 1.92 bits per heavy atom. The largest absolute Gasteiger partial charge is 0.385 e. The number of benzene rings is 1. The van der Waals surface area contributed by atoms with Crippen molar-refractivity contribution < 1.29 is 4.74 Å². The van der Waals surface area contributed by atoms with E-state index in [9.17, 15) is 0 Å². The molecule has 2 N–H and O–H groups in total. The van der Waals surface area contributed by atoms with Gasteiger partial charge in [0.15, 0.2) is 5.96 Å². The second kappa shape index (κ2) is 10.9. The van der Waals surface area contributed by atoms with Gasteiger partial charge in [0.05, 0.1) is 0 Å². The molecule has 1 fully saturated rings. The lowest BCUT2D eigenvalue weighted by Gasteiger charge is -2.42. The highest BCUT2D eigenvalue weighted by atomic mass is 127. The van der Waals surface area contributed by atoms with Crippen LogP contribution >= 0.6 is 24.0 Å². The Kier molecular flexibility index (Phi) is 9.66. The van der Waals surface area contributed by atoms with Gasteiger partial charge in [0.25, 0.3) is 0 Å². The maximum absolute atomic E-state index is 5.25. The Morgan fingerprint density at radius 1 is 1.21 bits per heavy atom. The fourth-order valence-corrected chi connectivity index (χ4v) is 3.08. The van der Waals surface area contributed by atoms with Crippen LogP contribution in [0, 0.1) is 12.3 Å². The molecule has 0 amide bonds. The van der Waals surface area contributed by atoms with Gasteiger partial charge in [0, 0.05) is 33.9 Å². The first-order valence-corrected chi connectivity index (χ1v) is 8.66. The molecule has 0 aliphatic heterocycles. The minimum Gasteiger partial charge on any atom is -0.385 e. The lowest BCUT2D eigenvalue weighted by molar-refractivity contribution is 0.0732. The van der Waals surface area contributed by atoms with Crippen molar-refractivity contribution in [2.75, 3.05) is 33.9 Å². The average Bonchev–Trinajstić information content (AvgIpc) is 2.53. The number of ether oxygens (including phenoxy) is 1. The number of guanidine groups is 1. The summed E-state index contributed by atoms with van der Waals surface area (Å²) < 4.78 is 5.25. The van der Waals surface area contributed by atoms with E-state index < -0.39 is 0 Å². The molecule has 0 saturated heterocycles. The molecule has 0 spiro atoms. The molecular weight excluding hydrogens is 413 g/mol. The van der Waals surface area contributed by atoms with Crippen molar-refractivity contribution in [1.82, 2.24) is 10.6 Å². The minimum atomic E-state index is 0. The third kappa shape index (κ3) is 6.59. The van der Waals surface area contributed by atoms with E-state index in [0.717, 1.165) is 38.5 Å². The van der Waals surface area contributed by atoms with E-state index in [1.165, 1.54) is 30.4 Å². The number of hydrogen-bond donors (Lipinski definition) is 2. The lowest BCUT2D eigenvalue weighted by atomic mass is 9.67. The van der Waals surface area contributed by atoms with Crippen LogP contribution in [0.1, 0.15) is 36.8 Å². The third-order valence-electron chi connectivity index (χ3n) is 4.93. The van der Waals surface area contributed by atoms with Gasteiger partial charge in [-0.15, -0.1) is 24.0 Å². The fraction of sp³-hybridized carbons (Fsp3) is 0.632. The van der Waals surface area contributed by atoms with Crippen LogP contribution in [0.3, 0.4) is 0 Å². The van der Waals surface area contributed by atoms with Crippen molar-refractivity contribution in [1.29, 1.82) is 0 Å². The summed E-state index contributed by atoms with van der Waals surface area (Å²) in [6.07, 6.45) is 6.07. The number of methoxy groups -OCH3 is 1. The van der Waals surface area contributed by atoms with E-state index >= 15 is 0 Å². The number of halogens is 1. The first kappa shape index (κ1) is 21.2. The normalized spacial score (nSPS) is 16.0. The van der Waals surface area contributed by atoms with Crippen LogP contribution in [0.15, 0.2) is 29.3 Å². The summed E-state index contributed by atoms with van der Waals surface area (Å²) in [5.41, 5.74) is 3.07. The summed E-state index contributed by atoms with van der Waals surface area (Å²) in [6.45, 7) is 4.85. The molecule has 4 nitrogen and oxygen atoms in total. The molecule has 0 atom stereocenters. The molecule has 1 aromatic carbocycles. The van der Waals surface area contributed by atoms with E-state index in [-0.39, 0.29) is 24.0 Å². The van der Waals surface area contributed by atoms with Gasteiger partial charge in [-0.1, -0.05) is 36.2 Å². The van der Waals surface area contributed by atoms with E-state index in [1.54, 1.807) is 7.11 Å². The quantitative estimate of drug-likeness (QED) is 0.366. The predicted molar refractivity (Wildman–Crippen MR) is 112 cm³/mol. The molecular formula is C19H32IN3O. The number of nitrogens with one attached hydrogen (secondary N) is 2. The van der Waals surface area contributed by atoms with Crippen molar-refractivity contribution in [3.63, 3.8) is 0 Å². The van der Waals surface area contributed by atoms with E-state index in [1.807, 2.05) is 7.05 Å². The summed E-state index contributed by atoms with van der Waals surface area (Å²) in [4.78, 5) is 4.34. The minimum absolute atomic E-state index is 0. The Morgan fingerprint density at radius 3 is 2.46 bits per heavy atom. The van der Waals surface area contributed by atoms with Gasteiger partial charge >= 0.3 is 0 Å². The van der Waals surface area contributed by atoms with Gasteiger partial charge in [-0.05, 0) is 43.6 Å². The summed E-state index contributed by atoms with van der Waals surface area (Å²) in [6, 6.07) is 8.72. The van der Waals surface area contributed by atoms with Gasteiger partial charge < -0.3 is 15.4 Å². The summed E-state index contributed by atoms with van der Waals surface area (Å²) in [5.74, 6) is 0.904. The Hall–Kier alpha value is -0.820. The van der Waals surface area contributed by atoms with Crippen LogP contribution in [0.4, 0.5) is 0 Å². The molecule has 0 aromatic heterocycles. The monoisotopic (exact) mass is 445 g/mol. The van der Waals surface area contributed by atoms with Crippen molar-refractivity contribution in [2.45, 2.75) is 39.0 Å². The maximum Gasteiger partial charge on any atom is 0.191 e. The fourth-order valence-electron chi connectivity index (χ4n) is 3.08. The predicted octanol–water partition coefficient (Wildman–Crippen LogP) is 3.53. The summed E-state index contributed by atoms with van der Waals surface area (Å²) in [7, 11) is 3.62. The highest BCUT2D eigenvalue weighted by Crippen LogP contribution is 2.43. The second-order valence-electron chi connectivity index (χ2n) is 6.68. The topological polar surface area (TPSA) is 45.7 Å². The molecule has 0 bridgehead atoms. The van der Waals surface area contributed by atoms with Crippen LogP contribution in [-0.2, 0) is 11.2 Å². The first-order chi connectivity index (χ1) is 11.2. The van der Waals surface area contributed by atoms with Gasteiger partial charge in [0.1, 0.15) is 0 Å². The number of nitrogens with zero attached hydrogens (tertiary/aromatic N) is 1. The standard InChI is InChI=1S/C19H31N3O.HI/c1-16-5-7-17(8-6-16)9-13-21-18(20-2)22-15-19(10-4-11-19)12-14-23-3;/h5-8H,4,9-15H2,1-3H3,(H2,20,21,22);1H. The number of hydrogen-bond acceptors (Lipinski definition) is 2. The van der Waals surface area contributed by atoms with Crippen molar-refractivity contribution in [2.24, 2.45) is 10.4 Å². The van der Waals surface area contributed by atoms with E-state index in [2.05, 4.69) is 46.8 Å². The third-order valence-corrected chi connectivity index (χ3v) is 4.93. The molecule has 0 unspecified atom stereocenters. The van der Waals surface area contributed by atoms with Gasteiger partial charge in [-0.3, -0.25) is 4.99 Å². The zero-order valence-electron chi connectivity index (χ0n) is 15.2. The van der Waals surface area contributed by atoms with E-state index in [0.29, 0.717) is 5.41 Å². The molecule has 2 rings (SSSR count). The zero-order chi connectivity index (χ0) is 16.5. The highest BCUT2D eigenvalue weighted by Gasteiger charge is 2.36. The summed E-state index contributed by atoms with van der Waals surface area (Å²) in [5, 5.41) is 6.92. The Bertz CT molecular complexity index is 498. The van der Waals surface area contributed by atoms with Crippen LogP contribution < -0.4 is 10.6 Å². The van der Waals surface area contributed by atoms with Crippen LogP contribution in [0.5, 0.6) is 0 Å². The Balaban J connectivity index is 0.00000288. The van der Waals surface area contributed by atoms with E-state index in [4.69, 9.17) is 4.74 Å². The molecule has 0 radical (unpaired) electrons. The summed E-state index contributed by atoms with van der Waals surface area (Å²) >= 11 is 0. The zero-order valence-corrected chi connectivity index (χ0v) is 17.6. The second-order valence-corrected chi connectivity index (χ2v) is 6.68. The Labute approximate surface area is 163 Å². The molecule has 5 heteroatoms. The SMILES string of the molecule is CN=C(NCCc1ccc(C)cc1)NCC1(CCOC)CCC1.I. The molecule has 1 aliphatic carbocycles. The van der Waals surface area contributed by atoms with Crippen LogP contribution in [-0.4, -0.2) is 39.8 Å². The first-order valence-electron chi connectivity index (χ1n) is 8.66. The lowest BCUT2D eigenvalue weighted by Crippen LogP contribution is -2.47. The molecule has 1 aromatic rings. The van der Waals surface area contributed by atoms with Crippen LogP contribution in [0.2, 0.25) is 0 Å². The van der Waals surface area contributed by atoms with Gasteiger partial charge in [0.2, 0.25) is 0 Å². The maximum atomic E-state index is 5.25. The molecule has 136 valence electrons. The van der Waals surface area contributed by atoms with Crippen molar-refractivity contribution in [3.05, 3.63) is 35.4 Å². The highest BCUT2D eigenvalue weighted by molar-refractivity contribution is 14.0. The van der Waals surface area contributed by atoms with Gasteiger partial charge in [-0.25, -0.2) is 0 Å². The molecule has 24 heavy (non-hydrogen) atoms. The average molecular weight is 445 g/mol. The number of aryl methyl sites for hydroxylation is 1. The van der Waals surface area contributed by atoms with Crippen LogP contribution in [0.25, 0.3) is 0 Å². The van der Waals surface area contributed by atoms with Crippen molar-refractivity contribution >= 4 is 29.9 Å². The molecule has 1 saturated carbocycles. The number of aliphatic imine (C=N–C) groups is 1. The molecule has 0 heterocycles.